The Balaban J connectivity index is 1.07. The zero-order chi connectivity index (χ0) is 30.4. The third kappa shape index (κ3) is 5.09. The average molecular weight is 589 g/mol. The molecule has 4 aliphatic heterocycles. The van der Waals surface area contributed by atoms with E-state index >= 15 is 0 Å². The van der Waals surface area contributed by atoms with Crippen molar-refractivity contribution >= 4 is 40.9 Å². The number of rotatable bonds is 8. The largest absolute Gasteiger partial charge is 0.490 e. The minimum absolute atomic E-state index is 0.0672. The van der Waals surface area contributed by atoms with E-state index < -0.39 is 16.9 Å². The molecule has 0 radical (unpaired) electrons. The summed E-state index contributed by atoms with van der Waals surface area (Å²) in [4.78, 5) is 56.9. The molecular weight excluding hydrogens is 552 g/mol. The Morgan fingerprint density at radius 3 is 2.47 bits per heavy atom. The molecule has 1 atom stereocenters. The van der Waals surface area contributed by atoms with Crippen LogP contribution in [-0.2, 0) is 16.1 Å². The van der Waals surface area contributed by atoms with E-state index in [4.69, 9.17) is 4.74 Å². The van der Waals surface area contributed by atoms with Gasteiger partial charge in [-0.1, -0.05) is 18.7 Å². The van der Waals surface area contributed by atoms with Crippen molar-refractivity contribution in [2.75, 3.05) is 50.1 Å². The van der Waals surface area contributed by atoms with Crippen LogP contribution in [0.1, 0.15) is 47.2 Å². The first-order valence-electron chi connectivity index (χ1n) is 14.7. The van der Waals surface area contributed by atoms with E-state index in [1.807, 2.05) is 18.2 Å². The van der Waals surface area contributed by atoms with Gasteiger partial charge in [-0.15, -0.1) is 0 Å². The molecule has 226 valence electrons. The first kappa shape index (κ1) is 28.7. The number of nitrogens with zero attached hydrogens (tertiary/aromatic N) is 5. The number of amides is 3. The molecular formula is C31H36N6O6. The van der Waals surface area contributed by atoms with Gasteiger partial charge in [0.2, 0.25) is 11.8 Å². The number of benzene rings is 2. The number of methoxy groups -OCH3 is 1. The van der Waals surface area contributed by atoms with E-state index in [2.05, 4.69) is 33.6 Å². The van der Waals surface area contributed by atoms with Crippen molar-refractivity contribution in [3.8, 4) is 5.75 Å². The summed E-state index contributed by atoms with van der Waals surface area (Å²) in [6.45, 7) is 7.56. The molecule has 1 unspecified atom stereocenters. The normalized spacial score (nSPS) is 21.1. The van der Waals surface area contributed by atoms with Crippen LogP contribution in [-0.4, -0.2) is 90.9 Å². The van der Waals surface area contributed by atoms with E-state index in [1.54, 1.807) is 17.0 Å². The van der Waals surface area contributed by atoms with Crippen LogP contribution in [0.5, 0.6) is 5.75 Å². The van der Waals surface area contributed by atoms with Crippen molar-refractivity contribution in [2.24, 2.45) is 0 Å². The van der Waals surface area contributed by atoms with E-state index in [0.717, 1.165) is 61.5 Å². The van der Waals surface area contributed by atoms with Gasteiger partial charge in [0.05, 0.1) is 12.0 Å². The number of nitro benzene ring substituents is 1. The van der Waals surface area contributed by atoms with Gasteiger partial charge in [0, 0.05) is 91.4 Å². The third-order valence-corrected chi connectivity index (χ3v) is 9.46. The van der Waals surface area contributed by atoms with Gasteiger partial charge >= 0.3 is 5.69 Å². The van der Waals surface area contributed by atoms with Gasteiger partial charge in [-0.25, -0.2) is 0 Å². The van der Waals surface area contributed by atoms with Crippen LogP contribution in [0.3, 0.4) is 0 Å². The summed E-state index contributed by atoms with van der Waals surface area (Å²) in [5.74, 6) is -0.601. The van der Waals surface area contributed by atoms with Gasteiger partial charge in [0.15, 0.2) is 5.75 Å². The second-order valence-corrected chi connectivity index (χ2v) is 11.7. The number of hydrogen-bond donors (Lipinski definition) is 1. The summed E-state index contributed by atoms with van der Waals surface area (Å²) in [5.41, 5.74) is 4.16. The van der Waals surface area contributed by atoms with Crippen LogP contribution >= 0.6 is 0 Å². The van der Waals surface area contributed by atoms with Crippen molar-refractivity contribution in [3.63, 3.8) is 0 Å². The maximum Gasteiger partial charge on any atom is 0.311 e. The van der Waals surface area contributed by atoms with Crippen molar-refractivity contribution in [1.82, 2.24) is 15.1 Å². The van der Waals surface area contributed by atoms with Crippen LogP contribution in [0.4, 0.5) is 17.1 Å². The van der Waals surface area contributed by atoms with Gasteiger partial charge in [-0.3, -0.25) is 34.7 Å². The average Bonchev–Trinajstić information content (AvgIpc) is 3.32. The van der Waals surface area contributed by atoms with Crippen LogP contribution in [0.15, 0.2) is 36.9 Å². The van der Waals surface area contributed by atoms with Crippen molar-refractivity contribution in [2.45, 2.75) is 50.4 Å². The monoisotopic (exact) mass is 588 g/mol. The molecule has 1 N–H and O–H groups in total. The first-order chi connectivity index (χ1) is 20.7. The molecule has 3 amide bonds. The highest BCUT2D eigenvalue weighted by molar-refractivity contribution is 6.06. The lowest BCUT2D eigenvalue weighted by Gasteiger charge is -2.50. The Bertz CT molecular complexity index is 1500. The molecule has 12 heteroatoms. The zero-order valence-electron chi connectivity index (χ0n) is 24.5. The zero-order valence-corrected chi connectivity index (χ0v) is 24.5. The predicted octanol–water partition coefficient (Wildman–Crippen LogP) is 2.80. The Morgan fingerprint density at radius 1 is 1.07 bits per heavy atom. The molecule has 12 nitrogen and oxygen atoms in total. The second kappa shape index (κ2) is 11.3. The number of likely N-dealkylation sites (N-methyl/N-ethyl adjacent to an activating group) is 1. The predicted molar refractivity (Wildman–Crippen MR) is 161 cm³/mol. The molecule has 3 saturated heterocycles. The maximum atomic E-state index is 13.2. The van der Waals surface area contributed by atoms with Gasteiger partial charge in [0.1, 0.15) is 6.04 Å². The summed E-state index contributed by atoms with van der Waals surface area (Å²) in [7, 11) is 3.62. The van der Waals surface area contributed by atoms with Gasteiger partial charge < -0.3 is 19.4 Å². The number of carbonyl (C=O) groups is 3. The van der Waals surface area contributed by atoms with Crippen LogP contribution in [0.2, 0.25) is 0 Å². The number of ether oxygens (including phenoxy) is 1. The number of imide groups is 1. The van der Waals surface area contributed by atoms with Crippen LogP contribution in [0.25, 0.3) is 6.08 Å². The molecule has 2 aromatic carbocycles. The minimum atomic E-state index is -0.624. The van der Waals surface area contributed by atoms with E-state index in [0.29, 0.717) is 30.6 Å². The maximum absolute atomic E-state index is 13.2. The number of carbonyl (C=O) groups excluding carboxylic acids is 3. The van der Waals surface area contributed by atoms with Crippen LogP contribution < -0.4 is 19.9 Å². The lowest BCUT2D eigenvalue weighted by Crippen LogP contribution is -2.62. The Kier molecular flexibility index (Phi) is 7.55. The van der Waals surface area contributed by atoms with Crippen LogP contribution in [0, 0.1) is 10.1 Å². The number of nitro groups is 1. The van der Waals surface area contributed by atoms with Crippen molar-refractivity contribution < 1.29 is 24.0 Å². The molecule has 3 fully saturated rings. The molecule has 4 heterocycles. The lowest BCUT2D eigenvalue weighted by atomic mass is 9.96. The second-order valence-electron chi connectivity index (χ2n) is 11.7. The Labute approximate surface area is 250 Å². The van der Waals surface area contributed by atoms with E-state index in [-0.39, 0.29) is 29.7 Å². The molecule has 0 aliphatic carbocycles. The summed E-state index contributed by atoms with van der Waals surface area (Å²) in [6.07, 6.45) is 4.15. The molecule has 4 aliphatic rings. The van der Waals surface area contributed by atoms with E-state index in [1.165, 1.54) is 13.2 Å². The molecule has 0 bridgehead atoms. The highest BCUT2D eigenvalue weighted by Crippen LogP contribution is 2.39. The SMILES string of the molecule is C=Cc1cc([N+](=O)[O-])c(OC)cc1N1CCC(N(C)C2CN(c3cccc4c3CN(C3CCC(=O)NC3=O)C4=O)C2)CC1. The van der Waals surface area contributed by atoms with Crippen molar-refractivity contribution in [1.29, 1.82) is 0 Å². The lowest BCUT2D eigenvalue weighted by molar-refractivity contribution is -0.385. The highest BCUT2D eigenvalue weighted by atomic mass is 16.6. The summed E-state index contributed by atoms with van der Waals surface area (Å²) < 4.78 is 5.31. The van der Waals surface area contributed by atoms with Gasteiger partial charge in [-0.05, 0) is 38.4 Å². The smallest absolute Gasteiger partial charge is 0.311 e. The van der Waals surface area contributed by atoms with Crippen molar-refractivity contribution in [3.05, 3.63) is 63.7 Å². The number of nitrogens with one attached hydrogen (secondary N) is 1. The van der Waals surface area contributed by atoms with Gasteiger partial charge in [0.25, 0.3) is 5.91 Å². The number of hydrogen-bond acceptors (Lipinski definition) is 9. The molecule has 0 spiro atoms. The Hall–Kier alpha value is -4.45. The molecule has 6 rings (SSSR count). The summed E-state index contributed by atoms with van der Waals surface area (Å²) in [5, 5.41) is 13.8. The number of fused-ring (bicyclic) bond motifs is 1. The molecule has 0 saturated carbocycles. The first-order valence-corrected chi connectivity index (χ1v) is 14.7. The molecule has 2 aromatic rings. The van der Waals surface area contributed by atoms with Gasteiger partial charge in [-0.2, -0.15) is 0 Å². The highest BCUT2D eigenvalue weighted by Gasteiger charge is 2.42. The molecule has 43 heavy (non-hydrogen) atoms. The fraction of sp³-hybridized carbons (Fsp3) is 0.452. The Morgan fingerprint density at radius 2 is 1.81 bits per heavy atom. The topological polar surface area (TPSA) is 129 Å². The number of anilines is 2. The minimum Gasteiger partial charge on any atom is -0.490 e. The third-order valence-electron chi connectivity index (χ3n) is 9.46. The summed E-state index contributed by atoms with van der Waals surface area (Å²) >= 11 is 0. The standard InChI is InChI=1S/C31H36N6O6/c1-4-19-14-27(37(41)42)28(43-3)15-26(19)34-12-10-20(11-13-34)33(2)21-16-35(17-21)24-7-5-6-22-23(24)18-36(31(22)40)25-8-9-29(38)32-30(25)39/h4-7,14-15,20-21,25H,1,8-13,16-18H2,2-3H3,(H,32,38,39). The fourth-order valence-corrected chi connectivity index (χ4v) is 6.90. The molecule has 0 aromatic heterocycles. The quantitative estimate of drug-likeness (QED) is 0.281. The summed E-state index contributed by atoms with van der Waals surface area (Å²) in [6, 6.07) is 9.19. The number of piperidine rings is 2. The fourth-order valence-electron chi connectivity index (χ4n) is 6.90. The van der Waals surface area contributed by atoms with E-state index in [9.17, 15) is 24.5 Å².